The highest BCUT2D eigenvalue weighted by atomic mass is 16.5. The fraction of sp³-hybridized carbons (Fsp3) is 0.217. The van der Waals surface area contributed by atoms with Crippen LogP contribution < -0.4 is 10.1 Å². The van der Waals surface area contributed by atoms with Crippen LogP contribution in [0.1, 0.15) is 63.6 Å². The van der Waals surface area contributed by atoms with Crippen LogP contribution in [-0.4, -0.2) is 0 Å². The lowest BCUT2D eigenvalue weighted by Gasteiger charge is -2.30. The van der Waals surface area contributed by atoms with Gasteiger partial charge in [0.2, 0.25) is 0 Å². The molecule has 5 aromatic rings. The summed E-state index contributed by atoms with van der Waals surface area (Å²) in [6.45, 7) is 16.1. The van der Waals surface area contributed by atoms with Crippen molar-refractivity contribution in [3.8, 4) is 5.75 Å². The number of hydrogen-bond acceptors (Lipinski definition) is 2. The minimum atomic E-state index is -0.251. The second kappa shape index (κ2) is 12.5. The molecule has 0 saturated heterocycles. The van der Waals surface area contributed by atoms with E-state index in [0.29, 0.717) is 0 Å². The van der Waals surface area contributed by atoms with E-state index < -0.39 is 0 Å². The molecule has 1 N–H and O–H groups in total. The number of nitrogens with one attached hydrogen (secondary N) is 1. The Bertz CT molecular complexity index is 2170. The molecule has 0 radical (unpaired) electrons. The molecule has 5 aromatic carbocycles. The predicted octanol–water partition coefficient (Wildman–Crippen LogP) is 12.4. The van der Waals surface area contributed by atoms with E-state index in [1.807, 2.05) is 30.3 Å². The van der Waals surface area contributed by atoms with Crippen molar-refractivity contribution in [1.29, 1.82) is 0 Å². The molecule has 0 atom stereocenters. The van der Waals surface area contributed by atoms with Crippen LogP contribution in [0.4, 0.5) is 5.69 Å². The summed E-state index contributed by atoms with van der Waals surface area (Å²) in [5.41, 5.74) is 9.45. The number of aryl methyl sites for hydroxylation is 1. The maximum absolute atomic E-state index is 6.73. The summed E-state index contributed by atoms with van der Waals surface area (Å²) in [5.74, 6) is 1.80. The van der Waals surface area contributed by atoms with Gasteiger partial charge >= 0.3 is 0 Å². The maximum Gasteiger partial charge on any atom is 0.133 e. The van der Waals surface area contributed by atoms with Gasteiger partial charge in [-0.05, 0) is 105 Å². The van der Waals surface area contributed by atoms with Crippen LogP contribution in [0, 0.1) is 6.92 Å². The van der Waals surface area contributed by atoms with Gasteiger partial charge < -0.3 is 10.1 Å². The molecule has 0 bridgehead atoms. The summed E-state index contributed by atoms with van der Waals surface area (Å²) in [7, 11) is 0. The summed E-state index contributed by atoms with van der Waals surface area (Å²) >= 11 is 0. The molecule has 1 heterocycles. The number of rotatable bonds is 7. The average molecular weight is 628 g/mol. The van der Waals surface area contributed by atoms with Crippen molar-refractivity contribution >= 4 is 27.2 Å². The quantitative estimate of drug-likeness (QED) is 0.181. The van der Waals surface area contributed by atoms with Gasteiger partial charge in [0, 0.05) is 22.2 Å². The zero-order valence-electron chi connectivity index (χ0n) is 28.9. The molecule has 0 spiro atoms. The highest BCUT2D eigenvalue weighted by Gasteiger charge is 2.36. The lowest BCUT2D eigenvalue weighted by atomic mass is 9.74. The van der Waals surface area contributed by atoms with E-state index in [1.54, 1.807) is 0 Å². The fourth-order valence-corrected chi connectivity index (χ4v) is 7.66. The minimum absolute atomic E-state index is 0.155. The van der Waals surface area contributed by atoms with Gasteiger partial charge in [-0.2, -0.15) is 0 Å². The zero-order valence-corrected chi connectivity index (χ0v) is 28.9. The van der Waals surface area contributed by atoms with E-state index in [9.17, 15) is 0 Å². The van der Waals surface area contributed by atoms with Crippen LogP contribution in [-0.2, 0) is 10.8 Å². The normalized spacial score (nSPS) is 17.8. The second-order valence-corrected chi connectivity index (χ2v) is 14.3. The molecular formula is C46H45NO. The van der Waals surface area contributed by atoms with E-state index in [1.165, 1.54) is 60.8 Å². The third kappa shape index (κ3) is 5.70. The molecule has 1 aliphatic heterocycles. The largest absolute Gasteiger partial charge is 0.457 e. The molecule has 2 nitrogen and oxygen atoms in total. The molecule has 2 aliphatic rings. The van der Waals surface area contributed by atoms with Gasteiger partial charge in [-0.3, -0.25) is 0 Å². The van der Waals surface area contributed by atoms with Crippen molar-refractivity contribution in [1.82, 2.24) is 0 Å². The van der Waals surface area contributed by atoms with Crippen LogP contribution in [0.3, 0.4) is 0 Å². The van der Waals surface area contributed by atoms with Gasteiger partial charge in [0.1, 0.15) is 11.5 Å². The number of benzene rings is 5. The Balaban J connectivity index is 1.25. The van der Waals surface area contributed by atoms with Crippen molar-refractivity contribution in [3.05, 3.63) is 179 Å². The molecule has 0 saturated carbocycles. The van der Waals surface area contributed by atoms with Crippen molar-refractivity contribution in [2.75, 3.05) is 5.32 Å². The predicted molar refractivity (Wildman–Crippen MR) is 205 cm³/mol. The maximum atomic E-state index is 6.73. The van der Waals surface area contributed by atoms with Gasteiger partial charge in [0.15, 0.2) is 0 Å². The molecule has 240 valence electrons. The van der Waals surface area contributed by atoms with E-state index >= 15 is 0 Å². The first kappa shape index (κ1) is 31.5. The lowest BCUT2D eigenvalue weighted by Crippen LogP contribution is -2.21. The van der Waals surface area contributed by atoms with E-state index in [0.717, 1.165) is 36.3 Å². The summed E-state index contributed by atoms with van der Waals surface area (Å²) in [4.78, 5) is 0. The van der Waals surface area contributed by atoms with Crippen molar-refractivity contribution in [3.63, 3.8) is 0 Å². The third-order valence-corrected chi connectivity index (χ3v) is 10.4. The number of fused-ring (bicyclic) bond motifs is 4. The van der Waals surface area contributed by atoms with Crippen LogP contribution in [0.5, 0.6) is 5.75 Å². The number of anilines is 1. The SMILES string of the molecule is C=C(/C=C/C1=C(Oc2ccccc2)C(=C/C=C2/Nc3ccc4ccccc4c3C2(C)C)/CCC1)C(C)(C)c1c(C)ccc2ccccc12. The van der Waals surface area contributed by atoms with Crippen LogP contribution in [0.2, 0.25) is 0 Å². The Labute approximate surface area is 285 Å². The van der Waals surface area contributed by atoms with Gasteiger partial charge in [-0.15, -0.1) is 0 Å². The standard InChI is InChI=1S/C46H45NO/c1-31-23-25-33-15-10-12-21-38(33)42(31)45(3,4)32(2)24-26-35-17-14-18-36(44(35)48-37-19-8-7-9-20-37)28-30-41-46(5,6)43-39-22-13-11-16-34(39)27-29-40(43)47-41/h7-13,15-16,19-30,47H,2,14,17-18H2,1,3-6H3/b26-24+,36-28+,41-30+. The molecule has 0 fully saturated rings. The number of ether oxygens (including phenoxy) is 1. The Morgan fingerprint density at radius 1 is 0.792 bits per heavy atom. The summed E-state index contributed by atoms with van der Waals surface area (Å²) < 4.78 is 6.73. The molecule has 0 amide bonds. The molecule has 1 aliphatic carbocycles. The zero-order chi connectivity index (χ0) is 33.5. The van der Waals surface area contributed by atoms with Crippen molar-refractivity contribution in [2.45, 2.75) is 64.7 Å². The van der Waals surface area contributed by atoms with Crippen LogP contribution >= 0.6 is 0 Å². The Hall–Kier alpha value is -5.08. The topological polar surface area (TPSA) is 21.3 Å². The Kier molecular flexibility index (Phi) is 8.21. The summed E-state index contributed by atoms with van der Waals surface area (Å²) in [6.07, 6.45) is 12.0. The minimum Gasteiger partial charge on any atom is -0.457 e. The van der Waals surface area contributed by atoms with Crippen LogP contribution in [0.15, 0.2) is 162 Å². The monoisotopic (exact) mass is 627 g/mol. The number of para-hydroxylation sites is 1. The van der Waals surface area contributed by atoms with Gasteiger partial charge in [0.05, 0.1) is 0 Å². The number of hydrogen-bond donors (Lipinski definition) is 1. The van der Waals surface area contributed by atoms with Gasteiger partial charge in [0.25, 0.3) is 0 Å². The van der Waals surface area contributed by atoms with E-state index in [-0.39, 0.29) is 10.8 Å². The molecule has 0 unspecified atom stereocenters. The smallest absolute Gasteiger partial charge is 0.133 e. The Morgan fingerprint density at radius 2 is 1.46 bits per heavy atom. The molecule has 0 aromatic heterocycles. The van der Waals surface area contributed by atoms with E-state index in [4.69, 9.17) is 4.74 Å². The first-order valence-corrected chi connectivity index (χ1v) is 17.2. The van der Waals surface area contributed by atoms with E-state index in [2.05, 4.69) is 144 Å². The second-order valence-electron chi connectivity index (χ2n) is 14.3. The number of allylic oxidation sites excluding steroid dienone is 8. The lowest BCUT2D eigenvalue weighted by molar-refractivity contribution is 0.415. The molecule has 48 heavy (non-hydrogen) atoms. The van der Waals surface area contributed by atoms with Crippen LogP contribution in [0.25, 0.3) is 21.5 Å². The Morgan fingerprint density at radius 3 is 2.23 bits per heavy atom. The van der Waals surface area contributed by atoms with Crippen molar-refractivity contribution < 1.29 is 4.74 Å². The molecule has 2 heteroatoms. The van der Waals surface area contributed by atoms with Gasteiger partial charge in [-0.25, -0.2) is 0 Å². The first-order valence-electron chi connectivity index (χ1n) is 17.2. The summed E-state index contributed by atoms with van der Waals surface area (Å²) in [6, 6.07) is 36.4. The average Bonchev–Trinajstić information content (AvgIpc) is 3.36. The highest BCUT2D eigenvalue weighted by Crippen LogP contribution is 2.47. The third-order valence-electron chi connectivity index (χ3n) is 10.4. The van der Waals surface area contributed by atoms with Crippen molar-refractivity contribution in [2.24, 2.45) is 0 Å². The first-order chi connectivity index (χ1) is 23.1. The molecule has 7 rings (SSSR count). The summed E-state index contributed by atoms with van der Waals surface area (Å²) in [5, 5.41) is 8.89. The highest BCUT2D eigenvalue weighted by molar-refractivity contribution is 5.94. The molecular weight excluding hydrogens is 583 g/mol. The van der Waals surface area contributed by atoms with Gasteiger partial charge in [-0.1, -0.05) is 137 Å². The fourth-order valence-electron chi connectivity index (χ4n) is 7.66.